The molecule has 5 heteroatoms. The quantitative estimate of drug-likeness (QED) is 0.390. The Balaban J connectivity index is 2.15. The van der Waals surface area contributed by atoms with Crippen molar-refractivity contribution in [2.24, 2.45) is 5.92 Å². The van der Waals surface area contributed by atoms with Crippen LogP contribution in [0.15, 0.2) is 48.5 Å². The SMILES string of the molecule is Cc1ccc(P(=S)(c2ccc(C)cc2)[C@@H](C[N+](=O)[O-])C2CCCCC2)cc1. The molecule has 0 unspecified atom stereocenters. The number of nitrogens with zero attached hydrogens (tertiary/aromatic N) is 1. The summed E-state index contributed by atoms with van der Waals surface area (Å²) in [4.78, 5) is 11.5. The lowest BCUT2D eigenvalue weighted by molar-refractivity contribution is -0.480. The first-order chi connectivity index (χ1) is 12.9. The average Bonchev–Trinajstić information content (AvgIpc) is 2.67. The molecular formula is C22H28NO2PS. The van der Waals surface area contributed by atoms with E-state index < -0.39 is 6.04 Å². The Morgan fingerprint density at radius 1 is 0.963 bits per heavy atom. The number of hydrogen-bond acceptors (Lipinski definition) is 3. The molecule has 0 bridgehead atoms. The van der Waals surface area contributed by atoms with Crippen molar-refractivity contribution in [2.75, 3.05) is 6.54 Å². The molecule has 1 aliphatic rings. The molecule has 2 aromatic carbocycles. The van der Waals surface area contributed by atoms with Gasteiger partial charge in [-0.1, -0.05) is 90.7 Å². The standard InChI is InChI=1S/C22H28NO2PS/c1-17-8-12-20(13-9-17)26(27,21-14-10-18(2)11-15-21)22(16-23(24)25)19-6-4-3-5-7-19/h8-15,19,22H,3-7,16H2,1-2H3/t22-/m0/s1. The lowest BCUT2D eigenvalue weighted by atomic mass is 9.86. The summed E-state index contributed by atoms with van der Waals surface area (Å²) >= 11 is 6.45. The van der Waals surface area contributed by atoms with Crippen LogP contribution in [0.25, 0.3) is 0 Å². The van der Waals surface area contributed by atoms with Crippen LogP contribution in [0.5, 0.6) is 0 Å². The molecule has 0 N–H and O–H groups in total. The maximum absolute atomic E-state index is 11.6. The van der Waals surface area contributed by atoms with Gasteiger partial charge < -0.3 is 0 Å². The van der Waals surface area contributed by atoms with Crippen molar-refractivity contribution in [1.82, 2.24) is 0 Å². The van der Waals surface area contributed by atoms with Crippen LogP contribution < -0.4 is 10.6 Å². The van der Waals surface area contributed by atoms with Gasteiger partial charge in [0.15, 0.2) is 0 Å². The van der Waals surface area contributed by atoms with E-state index in [4.69, 9.17) is 11.8 Å². The van der Waals surface area contributed by atoms with E-state index in [2.05, 4.69) is 62.4 Å². The number of benzene rings is 2. The molecule has 1 fully saturated rings. The van der Waals surface area contributed by atoms with Crippen LogP contribution in [0.1, 0.15) is 43.2 Å². The number of nitro groups is 1. The van der Waals surface area contributed by atoms with Gasteiger partial charge >= 0.3 is 0 Å². The van der Waals surface area contributed by atoms with Gasteiger partial charge in [-0.25, -0.2) is 0 Å². The molecule has 27 heavy (non-hydrogen) atoms. The molecule has 0 spiro atoms. The van der Waals surface area contributed by atoms with E-state index in [1.807, 2.05) is 0 Å². The van der Waals surface area contributed by atoms with Crippen molar-refractivity contribution in [3.63, 3.8) is 0 Å². The van der Waals surface area contributed by atoms with E-state index in [1.54, 1.807) is 0 Å². The van der Waals surface area contributed by atoms with Crippen molar-refractivity contribution < 1.29 is 4.92 Å². The monoisotopic (exact) mass is 401 g/mol. The summed E-state index contributed by atoms with van der Waals surface area (Å²) in [5, 5.41) is 13.9. The molecule has 0 saturated heterocycles. The third-order valence-corrected chi connectivity index (χ3v) is 11.6. The zero-order valence-corrected chi connectivity index (χ0v) is 17.8. The fourth-order valence-electron chi connectivity index (χ4n) is 4.30. The minimum absolute atomic E-state index is 0.0241. The molecule has 0 amide bonds. The average molecular weight is 402 g/mol. The number of aryl methyl sites for hydroxylation is 2. The van der Waals surface area contributed by atoms with E-state index in [0.717, 1.165) is 36.3 Å². The lowest BCUT2D eigenvalue weighted by Crippen LogP contribution is -2.37. The van der Waals surface area contributed by atoms with Crippen LogP contribution in [0.4, 0.5) is 0 Å². The largest absolute Gasteiger partial charge is 0.265 e. The highest BCUT2D eigenvalue weighted by atomic mass is 32.4. The molecule has 0 heterocycles. The predicted molar refractivity (Wildman–Crippen MR) is 118 cm³/mol. The summed E-state index contributed by atoms with van der Waals surface area (Å²) in [5.74, 6) is 0.345. The molecule has 0 aromatic heterocycles. The van der Waals surface area contributed by atoms with Gasteiger partial charge in [0.05, 0.1) is 5.66 Å². The molecule has 3 rings (SSSR count). The topological polar surface area (TPSA) is 43.1 Å². The highest BCUT2D eigenvalue weighted by Gasteiger charge is 2.41. The summed E-state index contributed by atoms with van der Waals surface area (Å²) in [5.41, 5.74) is 2.30. The van der Waals surface area contributed by atoms with Crippen molar-refractivity contribution in [1.29, 1.82) is 0 Å². The lowest BCUT2D eigenvalue weighted by Gasteiger charge is -2.37. The van der Waals surface area contributed by atoms with Crippen molar-refractivity contribution >= 4 is 28.5 Å². The molecule has 1 atom stereocenters. The Hall–Kier alpha value is -1.51. The van der Waals surface area contributed by atoms with E-state index >= 15 is 0 Å². The number of hydrogen-bond donors (Lipinski definition) is 0. The van der Waals surface area contributed by atoms with E-state index in [1.165, 1.54) is 17.5 Å². The van der Waals surface area contributed by atoms with Crippen LogP contribution >= 0.6 is 6.04 Å². The summed E-state index contributed by atoms with van der Waals surface area (Å²) in [6.45, 7) is 4.10. The van der Waals surface area contributed by atoms with Gasteiger partial charge in [0.2, 0.25) is 6.54 Å². The molecule has 1 aliphatic carbocycles. The third kappa shape index (κ3) is 4.50. The predicted octanol–water partition coefficient (Wildman–Crippen LogP) is 4.96. The van der Waals surface area contributed by atoms with Gasteiger partial charge in [0.25, 0.3) is 0 Å². The Bertz CT molecular complexity index is 777. The maximum atomic E-state index is 11.6. The summed E-state index contributed by atoms with van der Waals surface area (Å²) in [6, 6.07) is 14.5. The van der Waals surface area contributed by atoms with Gasteiger partial charge in [-0.2, -0.15) is 0 Å². The fourth-order valence-corrected chi connectivity index (χ4v) is 9.25. The Morgan fingerprint density at radius 3 is 1.81 bits per heavy atom. The number of rotatable bonds is 6. The minimum Gasteiger partial charge on any atom is -0.265 e. The zero-order valence-electron chi connectivity index (χ0n) is 16.1. The molecule has 3 nitrogen and oxygen atoms in total. The second-order valence-electron chi connectivity index (χ2n) is 7.81. The van der Waals surface area contributed by atoms with Gasteiger partial charge in [0, 0.05) is 11.0 Å². The highest BCUT2D eigenvalue weighted by Crippen LogP contribution is 2.54. The Morgan fingerprint density at radius 2 is 1.41 bits per heavy atom. The molecule has 1 saturated carbocycles. The van der Waals surface area contributed by atoms with Gasteiger partial charge in [0.1, 0.15) is 0 Å². The smallest absolute Gasteiger partial charge is 0.212 e. The van der Waals surface area contributed by atoms with Gasteiger partial charge in [-0.05, 0) is 43.2 Å². The Kier molecular flexibility index (Phi) is 6.49. The summed E-state index contributed by atoms with van der Waals surface area (Å²) in [6.07, 6.45) is 5.69. The van der Waals surface area contributed by atoms with Gasteiger partial charge in [-0.3, -0.25) is 10.1 Å². The second kappa shape index (κ2) is 8.67. The normalized spacial score (nSPS) is 16.8. The van der Waals surface area contributed by atoms with E-state index in [0.29, 0.717) is 5.92 Å². The Labute approximate surface area is 167 Å². The third-order valence-electron chi connectivity index (χ3n) is 5.83. The van der Waals surface area contributed by atoms with Crippen LogP contribution in [0.3, 0.4) is 0 Å². The first-order valence-corrected chi connectivity index (χ1v) is 12.6. The first-order valence-electron chi connectivity index (χ1n) is 9.77. The zero-order chi connectivity index (χ0) is 19.4. The minimum atomic E-state index is -2.30. The van der Waals surface area contributed by atoms with Crippen LogP contribution in [-0.2, 0) is 11.8 Å². The summed E-state index contributed by atoms with van der Waals surface area (Å²) < 4.78 is 0. The molecular weight excluding hydrogens is 373 g/mol. The van der Waals surface area contributed by atoms with Crippen LogP contribution in [0.2, 0.25) is 0 Å². The molecule has 2 aromatic rings. The van der Waals surface area contributed by atoms with Crippen molar-refractivity contribution in [2.45, 2.75) is 51.6 Å². The van der Waals surface area contributed by atoms with Gasteiger partial charge in [-0.15, -0.1) is 0 Å². The maximum Gasteiger partial charge on any atom is 0.212 e. The highest BCUT2D eigenvalue weighted by molar-refractivity contribution is 8.22. The first kappa shape index (κ1) is 20.2. The van der Waals surface area contributed by atoms with Crippen molar-refractivity contribution in [3.05, 3.63) is 69.8 Å². The molecule has 144 valence electrons. The molecule has 0 aliphatic heterocycles. The summed E-state index contributed by atoms with van der Waals surface area (Å²) in [7, 11) is 0. The van der Waals surface area contributed by atoms with E-state index in [-0.39, 0.29) is 17.1 Å². The van der Waals surface area contributed by atoms with E-state index in [9.17, 15) is 10.1 Å². The fraction of sp³-hybridized carbons (Fsp3) is 0.455. The van der Waals surface area contributed by atoms with Crippen LogP contribution in [-0.4, -0.2) is 17.1 Å². The van der Waals surface area contributed by atoms with Crippen LogP contribution in [0, 0.1) is 29.9 Å². The second-order valence-corrected chi connectivity index (χ2v) is 12.5. The molecule has 0 radical (unpaired) electrons. The van der Waals surface area contributed by atoms with Crippen molar-refractivity contribution in [3.8, 4) is 0 Å².